The number of piperidine rings is 1. The van der Waals surface area contributed by atoms with Gasteiger partial charge in [-0.3, -0.25) is 24.3 Å². The maximum absolute atomic E-state index is 15.3. The van der Waals surface area contributed by atoms with Gasteiger partial charge in [0.15, 0.2) is 5.78 Å². The summed E-state index contributed by atoms with van der Waals surface area (Å²) in [6.07, 6.45) is 8.36. The molecule has 0 bridgehead atoms. The van der Waals surface area contributed by atoms with Gasteiger partial charge in [-0.05, 0) is 90.6 Å². The van der Waals surface area contributed by atoms with Crippen LogP contribution < -0.4 is 20.5 Å². The Morgan fingerprint density at radius 1 is 1.00 bits per heavy atom. The van der Waals surface area contributed by atoms with Crippen LogP contribution in [0.1, 0.15) is 65.5 Å². The molecule has 3 aliphatic heterocycles. The van der Waals surface area contributed by atoms with E-state index in [1.165, 1.54) is 22.8 Å². The summed E-state index contributed by atoms with van der Waals surface area (Å²) in [5.41, 5.74) is 9.66. The van der Waals surface area contributed by atoms with Crippen molar-refractivity contribution in [3.8, 4) is 16.9 Å². The van der Waals surface area contributed by atoms with Gasteiger partial charge >= 0.3 is 0 Å². The number of anilines is 2. The van der Waals surface area contributed by atoms with E-state index in [2.05, 4.69) is 38.3 Å². The second-order valence-electron chi connectivity index (χ2n) is 15.2. The van der Waals surface area contributed by atoms with Crippen molar-refractivity contribution in [2.45, 2.75) is 70.6 Å². The van der Waals surface area contributed by atoms with Crippen LogP contribution in [0.2, 0.25) is 5.02 Å². The third-order valence-electron chi connectivity index (χ3n) is 11.7. The minimum atomic E-state index is -0.438. The third kappa shape index (κ3) is 7.21. The molecule has 2 fully saturated rings. The molecule has 280 valence electrons. The maximum Gasteiger partial charge on any atom is 0.256 e. The fraction of sp³-hybridized carbons (Fsp3) is 0.395. The summed E-state index contributed by atoms with van der Waals surface area (Å²) in [5, 5.41) is 3.77. The molecule has 8 rings (SSSR count). The van der Waals surface area contributed by atoms with Crippen LogP contribution in [-0.4, -0.2) is 60.0 Å². The Kier molecular flexibility index (Phi) is 10.2. The zero-order chi connectivity index (χ0) is 37.5. The molecule has 1 aromatic heterocycles. The number of nitrogens with zero attached hydrogens (tertiary/aromatic N) is 4. The number of aliphatic imine (C=N–C) groups is 1. The highest BCUT2D eigenvalue weighted by Crippen LogP contribution is 2.38. The Bertz CT molecular complexity index is 2230. The van der Waals surface area contributed by atoms with Crippen LogP contribution >= 0.6 is 11.6 Å². The Balaban J connectivity index is 0.895. The lowest BCUT2D eigenvalue weighted by Gasteiger charge is -2.35. The number of methoxy groups -OCH3 is 1. The Morgan fingerprint density at radius 2 is 1.83 bits per heavy atom. The molecule has 0 spiro atoms. The van der Waals surface area contributed by atoms with Crippen LogP contribution in [0.15, 0.2) is 64.5 Å². The predicted octanol–water partition coefficient (Wildman–Crippen LogP) is 6.91. The molecule has 9 nitrogen and oxygen atoms in total. The summed E-state index contributed by atoms with van der Waals surface area (Å²) in [6.45, 7) is 4.37. The van der Waals surface area contributed by atoms with Crippen LogP contribution in [0.25, 0.3) is 11.1 Å². The van der Waals surface area contributed by atoms with Crippen LogP contribution in [0.3, 0.4) is 0 Å². The number of aromatic nitrogens is 1. The SMILES string of the molecule is COc1cc(-c2cn(C)c(=O)c3c2C=NC3)cc(Cl)c1CN1CCc2c(CC3CCN(c4ccc(NC5CCC(=O)CC5=O)cc4F)CC3)cccc2C1. The molecule has 1 unspecified atom stereocenters. The van der Waals surface area contributed by atoms with Crippen molar-refractivity contribution in [1.29, 1.82) is 0 Å². The number of rotatable bonds is 9. The molecular weight excluding hydrogens is 705 g/mol. The van der Waals surface area contributed by atoms with Crippen LogP contribution in [0, 0.1) is 11.7 Å². The lowest BCUT2D eigenvalue weighted by Crippen LogP contribution is -2.36. The van der Waals surface area contributed by atoms with E-state index in [0.717, 1.165) is 79.9 Å². The minimum Gasteiger partial charge on any atom is -0.496 e. The number of pyridine rings is 1. The van der Waals surface area contributed by atoms with Crippen molar-refractivity contribution >= 4 is 40.8 Å². The number of carbonyl (C=O) groups is 2. The number of hydrogen-bond donors (Lipinski definition) is 1. The van der Waals surface area contributed by atoms with Gasteiger partial charge in [-0.15, -0.1) is 0 Å². The lowest BCUT2D eigenvalue weighted by molar-refractivity contribution is -0.130. The standard InChI is InChI=1S/C43H45ClFN5O4/c1-48-24-35(33-21-46-22-34(33)43(48)53)29-17-37(44)36(42(18-29)54-2)25-49-13-12-32-27(4-3-5-28(32)23-49)16-26-10-14-50(15-11-26)40-9-6-30(19-38(40)45)47-39-8-7-31(51)20-41(39)52/h3-6,9,17-19,21,24,26,39,47H,7-8,10-16,20,22-23,25H2,1-2H3. The average Bonchev–Trinajstić information content (AvgIpc) is 3.66. The van der Waals surface area contributed by atoms with Gasteiger partial charge in [0.2, 0.25) is 0 Å². The monoisotopic (exact) mass is 749 g/mol. The highest BCUT2D eigenvalue weighted by Gasteiger charge is 2.29. The first-order valence-electron chi connectivity index (χ1n) is 18.9. The summed E-state index contributed by atoms with van der Waals surface area (Å²) in [4.78, 5) is 45.4. The van der Waals surface area contributed by atoms with Crippen molar-refractivity contribution < 1.29 is 18.7 Å². The number of halogens is 2. The van der Waals surface area contributed by atoms with Crippen molar-refractivity contribution in [3.63, 3.8) is 0 Å². The van der Waals surface area contributed by atoms with E-state index in [9.17, 15) is 14.4 Å². The molecular formula is C43H45ClFN5O4. The summed E-state index contributed by atoms with van der Waals surface area (Å²) in [6, 6.07) is 15.4. The van der Waals surface area contributed by atoms with Gasteiger partial charge in [-0.1, -0.05) is 29.8 Å². The van der Waals surface area contributed by atoms with Gasteiger partial charge in [0.25, 0.3) is 5.56 Å². The number of fused-ring (bicyclic) bond motifs is 2. The zero-order valence-electron chi connectivity index (χ0n) is 30.8. The minimum absolute atomic E-state index is 0.0251. The molecule has 4 aromatic rings. The van der Waals surface area contributed by atoms with E-state index in [-0.39, 0.29) is 29.4 Å². The van der Waals surface area contributed by atoms with Crippen LogP contribution in [0.5, 0.6) is 5.75 Å². The first-order valence-corrected chi connectivity index (χ1v) is 19.3. The molecule has 54 heavy (non-hydrogen) atoms. The molecule has 0 amide bonds. The van der Waals surface area contributed by atoms with E-state index >= 15 is 4.39 Å². The van der Waals surface area contributed by atoms with Crippen molar-refractivity contribution in [3.05, 3.63) is 109 Å². The van der Waals surface area contributed by atoms with Gasteiger partial charge in [-0.2, -0.15) is 0 Å². The zero-order valence-corrected chi connectivity index (χ0v) is 31.6. The number of benzene rings is 3. The Morgan fingerprint density at radius 3 is 2.61 bits per heavy atom. The van der Waals surface area contributed by atoms with Gasteiger partial charge in [0, 0.05) is 91.6 Å². The molecule has 1 saturated heterocycles. The quantitative estimate of drug-likeness (QED) is 0.186. The molecule has 0 radical (unpaired) electrons. The van der Waals surface area contributed by atoms with E-state index < -0.39 is 6.04 Å². The van der Waals surface area contributed by atoms with E-state index in [4.69, 9.17) is 16.3 Å². The largest absolute Gasteiger partial charge is 0.496 e. The fourth-order valence-corrected chi connectivity index (χ4v) is 9.01. The Hall–Kier alpha value is -4.80. The summed E-state index contributed by atoms with van der Waals surface area (Å²) >= 11 is 6.99. The fourth-order valence-electron chi connectivity index (χ4n) is 8.74. The number of ketones is 2. The first kappa shape index (κ1) is 36.2. The molecule has 4 heterocycles. The molecule has 1 aliphatic carbocycles. The normalized spacial score (nSPS) is 18.9. The summed E-state index contributed by atoms with van der Waals surface area (Å²) in [7, 11) is 3.44. The molecule has 1 N–H and O–H groups in total. The second kappa shape index (κ2) is 15.1. The maximum atomic E-state index is 15.3. The number of hydrogen-bond acceptors (Lipinski definition) is 8. The van der Waals surface area contributed by atoms with Gasteiger partial charge in [-0.25, -0.2) is 4.39 Å². The van der Waals surface area contributed by atoms with E-state index in [0.29, 0.717) is 53.8 Å². The first-order chi connectivity index (χ1) is 26.1. The highest BCUT2D eigenvalue weighted by molar-refractivity contribution is 6.32. The van der Waals surface area contributed by atoms with Gasteiger partial charge in [0.05, 0.1) is 31.8 Å². The number of aryl methyl sites for hydroxylation is 1. The van der Waals surface area contributed by atoms with Crippen molar-refractivity contribution in [1.82, 2.24) is 9.47 Å². The lowest BCUT2D eigenvalue weighted by atomic mass is 9.85. The number of Topliss-reactive ketones (excluding diaryl/α,β-unsaturated/α-hetero) is 2. The number of carbonyl (C=O) groups excluding carboxylic acids is 2. The summed E-state index contributed by atoms with van der Waals surface area (Å²) < 4.78 is 22.8. The number of nitrogens with one attached hydrogen (secondary N) is 1. The van der Waals surface area contributed by atoms with Gasteiger partial charge < -0.3 is 19.5 Å². The smallest absolute Gasteiger partial charge is 0.256 e. The van der Waals surface area contributed by atoms with E-state index in [1.807, 2.05) is 24.4 Å². The highest BCUT2D eigenvalue weighted by atomic mass is 35.5. The number of ether oxygens (including phenoxy) is 1. The van der Waals surface area contributed by atoms with Crippen LogP contribution in [-0.2, 0) is 49.1 Å². The van der Waals surface area contributed by atoms with Crippen LogP contribution in [0.4, 0.5) is 15.8 Å². The van der Waals surface area contributed by atoms with E-state index in [1.54, 1.807) is 31.0 Å². The molecule has 4 aliphatic rings. The molecule has 11 heteroatoms. The summed E-state index contributed by atoms with van der Waals surface area (Å²) in [5.74, 6) is 0.806. The predicted molar refractivity (Wildman–Crippen MR) is 211 cm³/mol. The van der Waals surface area contributed by atoms with Gasteiger partial charge in [0.1, 0.15) is 17.3 Å². The van der Waals surface area contributed by atoms with Crippen molar-refractivity contribution in [2.24, 2.45) is 18.0 Å². The average molecular weight is 750 g/mol. The van der Waals surface area contributed by atoms with Crippen molar-refractivity contribution in [2.75, 3.05) is 37.0 Å². The topological polar surface area (TPSA) is 96.2 Å². The second-order valence-corrected chi connectivity index (χ2v) is 15.6. The molecule has 1 atom stereocenters. The molecule has 1 saturated carbocycles. The Labute approximate surface area is 319 Å². The molecule has 3 aromatic carbocycles. The third-order valence-corrected chi connectivity index (χ3v) is 12.1.